The highest BCUT2D eigenvalue weighted by molar-refractivity contribution is 5.45. The summed E-state index contributed by atoms with van der Waals surface area (Å²) in [4.78, 5) is 0. The van der Waals surface area contributed by atoms with Gasteiger partial charge in [0, 0.05) is 12.2 Å². The summed E-state index contributed by atoms with van der Waals surface area (Å²) >= 11 is 0. The van der Waals surface area contributed by atoms with Crippen LogP contribution in [0, 0.1) is 6.92 Å². The summed E-state index contributed by atoms with van der Waals surface area (Å²) in [6.07, 6.45) is 3.72. The first kappa shape index (κ1) is 13.7. The van der Waals surface area contributed by atoms with Crippen molar-refractivity contribution >= 4 is 5.69 Å². The second-order valence-electron chi connectivity index (χ2n) is 5.14. The average molecular weight is 253 g/mol. The van der Waals surface area contributed by atoms with Crippen molar-refractivity contribution < 1.29 is 0 Å². The molecule has 100 valence electrons. The smallest absolute Gasteiger partial charge is 0.0400 e. The predicted octanol–water partition coefficient (Wildman–Crippen LogP) is 4.95. The summed E-state index contributed by atoms with van der Waals surface area (Å²) < 4.78 is 0. The maximum absolute atomic E-state index is 3.46. The molecule has 0 aromatic heterocycles. The van der Waals surface area contributed by atoms with Crippen molar-refractivity contribution in [3.8, 4) is 0 Å². The Morgan fingerprint density at radius 1 is 0.842 bits per heavy atom. The van der Waals surface area contributed by atoms with E-state index in [2.05, 4.69) is 67.7 Å². The van der Waals surface area contributed by atoms with Crippen LogP contribution in [0.15, 0.2) is 48.5 Å². The lowest BCUT2D eigenvalue weighted by atomic mass is 10.1. The van der Waals surface area contributed by atoms with Crippen molar-refractivity contribution in [2.45, 2.75) is 39.7 Å². The van der Waals surface area contributed by atoms with E-state index in [1.54, 1.807) is 0 Å². The fourth-order valence-corrected chi connectivity index (χ4v) is 2.08. The van der Waals surface area contributed by atoms with Gasteiger partial charge in [0.25, 0.3) is 0 Å². The fourth-order valence-electron chi connectivity index (χ4n) is 2.08. The molecule has 0 fully saturated rings. The van der Waals surface area contributed by atoms with E-state index < -0.39 is 0 Å². The largest absolute Gasteiger partial charge is 0.381 e. The molecule has 0 heterocycles. The van der Waals surface area contributed by atoms with Crippen LogP contribution in [0.5, 0.6) is 0 Å². The van der Waals surface area contributed by atoms with Crippen LogP contribution in [-0.4, -0.2) is 0 Å². The zero-order valence-corrected chi connectivity index (χ0v) is 11.9. The van der Waals surface area contributed by atoms with Crippen LogP contribution in [0.2, 0.25) is 0 Å². The van der Waals surface area contributed by atoms with Crippen LogP contribution < -0.4 is 5.32 Å². The summed E-state index contributed by atoms with van der Waals surface area (Å²) in [6, 6.07) is 17.5. The Labute approximate surface area is 116 Å². The molecule has 0 atom stereocenters. The lowest BCUT2D eigenvalue weighted by molar-refractivity contribution is 0.795. The Bertz CT molecular complexity index is 482. The van der Waals surface area contributed by atoms with Crippen molar-refractivity contribution in [1.82, 2.24) is 0 Å². The Morgan fingerprint density at radius 3 is 2.11 bits per heavy atom. The van der Waals surface area contributed by atoms with Gasteiger partial charge in [0.1, 0.15) is 0 Å². The molecular weight excluding hydrogens is 230 g/mol. The molecule has 0 aliphatic carbocycles. The van der Waals surface area contributed by atoms with Crippen molar-refractivity contribution in [3.05, 3.63) is 65.2 Å². The van der Waals surface area contributed by atoms with E-state index >= 15 is 0 Å². The minimum Gasteiger partial charge on any atom is -0.381 e. The van der Waals surface area contributed by atoms with E-state index in [0.29, 0.717) is 0 Å². The second-order valence-corrected chi connectivity index (χ2v) is 5.14. The first-order valence-electron chi connectivity index (χ1n) is 7.16. The monoisotopic (exact) mass is 253 g/mol. The zero-order valence-electron chi connectivity index (χ0n) is 11.9. The topological polar surface area (TPSA) is 12.0 Å². The minimum absolute atomic E-state index is 0.884. The van der Waals surface area contributed by atoms with E-state index in [1.807, 2.05) is 0 Å². The van der Waals surface area contributed by atoms with Gasteiger partial charge in [0.05, 0.1) is 0 Å². The van der Waals surface area contributed by atoms with Gasteiger partial charge in [0.15, 0.2) is 0 Å². The molecule has 0 saturated heterocycles. The number of rotatable bonds is 6. The quantitative estimate of drug-likeness (QED) is 0.768. The highest BCUT2D eigenvalue weighted by Crippen LogP contribution is 2.13. The third-order valence-electron chi connectivity index (χ3n) is 3.39. The number of nitrogens with one attached hydrogen (secondary N) is 1. The predicted molar refractivity (Wildman–Crippen MR) is 83.6 cm³/mol. The molecule has 0 aliphatic heterocycles. The van der Waals surface area contributed by atoms with Gasteiger partial charge >= 0.3 is 0 Å². The van der Waals surface area contributed by atoms with Gasteiger partial charge in [-0.15, -0.1) is 0 Å². The van der Waals surface area contributed by atoms with E-state index in [4.69, 9.17) is 0 Å². The van der Waals surface area contributed by atoms with Crippen LogP contribution in [0.1, 0.15) is 36.5 Å². The molecule has 1 nitrogen and oxygen atoms in total. The number of hydrogen-bond acceptors (Lipinski definition) is 1. The number of aryl methyl sites for hydroxylation is 2. The van der Waals surface area contributed by atoms with Crippen molar-refractivity contribution in [1.29, 1.82) is 0 Å². The number of hydrogen-bond donors (Lipinski definition) is 1. The summed E-state index contributed by atoms with van der Waals surface area (Å²) in [5.41, 5.74) is 5.26. The van der Waals surface area contributed by atoms with E-state index in [9.17, 15) is 0 Å². The molecule has 0 saturated carbocycles. The maximum atomic E-state index is 3.46. The second kappa shape index (κ2) is 6.98. The molecule has 0 amide bonds. The third kappa shape index (κ3) is 4.44. The van der Waals surface area contributed by atoms with Gasteiger partial charge in [-0.3, -0.25) is 0 Å². The van der Waals surface area contributed by atoms with Gasteiger partial charge in [-0.2, -0.15) is 0 Å². The Hall–Kier alpha value is -1.76. The fraction of sp³-hybridized carbons (Fsp3) is 0.333. The normalized spacial score (nSPS) is 10.4. The van der Waals surface area contributed by atoms with Crippen molar-refractivity contribution in [2.75, 3.05) is 5.32 Å². The highest BCUT2D eigenvalue weighted by Gasteiger charge is 1.96. The van der Waals surface area contributed by atoms with Crippen molar-refractivity contribution in [2.24, 2.45) is 0 Å². The molecule has 1 N–H and O–H groups in total. The molecule has 1 heteroatoms. The Morgan fingerprint density at radius 2 is 1.47 bits per heavy atom. The molecule has 2 aromatic carbocycles. The summed E-state index contributed by atoms with van der Waals surface area (Å²) in [5, 5.41) is 3.46. The lowest BCUT2D eigenvalue weighted by Gasteiger charge is -2.08. The van der Waals surface area contributed by atoms with E-state index in [1.165, 1.54) is 41.6 Å². The van der Waals surface area contributed by atoms with Crippen LogP contribution in [-0.2, 0) is 13.0 Å². The zero-order chi connectivity index (χ0) is 13.5. The van der Waals surface area contributed by atoms with Gasteiger partial charge < -0.3 is 5.32 Å². The minimum atomic E-state index is 0.884. The van der Waals surface area contributed by atoms with Crippen LogP contribution in [0.3, 0.4) is 0 Å². The van der Waals surface area contributed by atoms with Gasteiger partial charge in [-0.05, 0) is 43.0 Å². The molecular formula is C18H23N. The molecule has 0 spiro atoms. The molecule has 19 heavy (non-hydrogen) atoms. The Balaban J connectivity index is 1.87. The average Bonchev–Trinajstić information content (AvgIpc) is 2.46. The Kier molecular flexibility index (Phi) is 5.02. The molecule has 0 aliphatic rings. The highest BCUT2D eigenvalue weighted by atomic mass is 14.9. The number of unbranched alkanes of at least 4 members (excludes halogenated alkanes) is 1. The van der Waals surface area contributed by atoms with E-state index in [-0.39, 0.29) is 0 Å². The first-order valence-corrected chi connectivity index (χ1v) is 7.16. The third-order valence-corrected chi connectivity index (χ3v) is 3.39. The number of benzene rings is 2. The van der Waals surface area contributed by atoms with Gasteiger partial charge in [0.2, 0.25) is 0 Å². The maximum Gasteiger partial charge on any atom is 0.0400 e. The van der Waals surface area contributed by atoms with Crippen molar-refractivity contribution in [3.63, 3.8) is 0 Å². The van der Waals surface area contributed by atoms with Crippen LogP contribution in [0.4, 0.5) is 5.69 Å². The molecule has 2 aromatic rings. The summed E-state index contributed by atoms with van der Waals surface area (Å²) in [6.45, 7) is 5.23. The number of anilines is 1. The summed E-state index contributed by atoms with van der Waals surface area (Å²) in [7, 11) is 0. The molecule has 0 bridgehead atoms. The SMILES string of the molecule is CCCCc1ccc(NCc2ccc(C)cc2)cc1. The van der Waals surface area contributed by atoms with Gasteiger partial charge in [-0.25, -0.2) is 0 Å². The molecule has 0 radical (unpaired) electrons. The standard InChI is InChI=1S/C18H23N/c1-3-4-5-16-10-12-18(13-11-16)19-14-17-8-6-15(2)7-9-17/h6-13,19H,3-5,14H2,1-2H3. The van der Waals surface area contributed by atoms with Gasteiger partial charge in [-0.1, -0.05) is 55.3 Å². The van der Waals surface area contributed by atoms with E-state index in [0.717, 1.165) is 6.54 Å². The molecule has 0 unspecified atom stereocenters. The molecule has 2 rings (SSSR count). The lowest BCUT2D eigenvalue weighted by Crippen LogP contribution is -1.99. The summed E-state index contributed by atoms with van der Waals surface area (Å²) in [5.74, 6) is 0. The van der Waals surface area contributed by atoms with Crippen LogP contribution >= 0.6 is 0 Å². The van der Waals surface area contributed by atoms with Crippen LogP contribution in [0.25, 0.3) is 0 Å². The first-order chi connectivity index (χ1) is 9.28.